The number of benzene rings is 3. The van der Waals surface area contributed by atoms with Crippen molar-refractivity contribution in [3.05, 3.63) is 95.1 Å². The first-order valence-corrected chi connectivity index (χ1v) is 14.4. The molecule has 3 nitrogen and oxygen atoms in total. The van der Waals surface area contributed by atoms with Gasteiger partial charge in [0.15, 0.2) is 0 Å². The maximum atomic E-state index is 6.48. The van der Waals surface area contributed by atoms with Crippen molar-refractivity contribution in [1.82, 2.24) is 0 Å². The first kappa shape index (κ1) is 25.9. The summed E-state index contributed by atoms with van der Waals surface area (Å²) >= 11 is 0. The average Bonchev–Trinajstić information content (AvgIpc) is 3.39. The SMILES string of the molecule is CCC(C)c1ccc(OC(OCCOc2ccc(C3CCCCC3)cc2)C2CCc3ccccc32)cc1. The highest BCUT2D eigenvalue weighted by molar-refractivity contribution is 5.36. The predicted molar refractivity (Wildman–Crippen MR) is 151 cm³/mol. The van der Waals surface area contributed by atoms with E-state index in [9.17, 15) is 0 Å². The summed E-state index contributed by atoms with van der Waals surface area (Å²) < 4.78 is 18.9. The molecule has 37 heavy (non-hydrogen) atoms. The lowest BCUT2D eigenvalue weighted by atomic mass is 9.84. The topological polar surface area (TPSA) is 27.7 Å². The van der Waals surface area contributed by atoms with Gasteiger partial charge in [0, 0.05) is 5.92 Å². The molecule has 0 amide bonds. The lowest BCUT2D eigenvalue weighted by molar-refractivity contribution is -0.102. The molecular weight excluding hydrogens is 456 g/mol. The number of hydrogen-bond donors (Lipinski definition) is 0. The van der Waals surface area contributed by atoms with Gasteiger partial charge in [-0.25, -0.2) is 0 Å². The molecule has 0 bridgehead atoms. The lowest BCUT2D eigenvalue weighted by Crippen LogP contribution is -2.29. The van der Waals surface area contributed by atoms with Gasteiger partial charge in [0.25, 0.3) is 0 Å². The quantitative estimate of drug-likeness (QED) is 0.195. The number of aryl methyl sites for hydroxylation is 1. The highest BCUT2D eigenvalue weighted by Crippen LogP contribution is 2.38. The van der Waals surface area contributed by atoms with Crippen molar-refractivity contribution in [2.45, 2.75) is 89.3 Å². The zero-order valence-electron chi connectivity index (χ0n) is 22.5. The second kappa shape index (κ2) is 12.6. The average molecular weight is 499 g/mol. The monoisotopic (exact) mass is 498 g/mol. The Kier molecular flexibility index (Phi) is 8.84. The van der Waals surface area contributed by atoms with Crippen molar-refractivity contribution >= 4 is 0 Å². The molecule has 0 radical (unpaired) electrons. The van der Waals surface area contributed by atoms with Crippen molar-refractivity contribution in [3.63, 3.8) is 0 Å². The van der Waals surface area contributed by atoms with E-state index in [-0.39, 0.29) is 12.2 Å². The van der Waals surface area contributed by atoms with E-state index >= 15 is 0 Å². The fourth-order valence-corrected chi connectivity index (χ4v) is 5.95. The summed E-state index contributed by atoms with van der Waals surface area (Å²) in [5.74, 6) is 3.27. The number of fused-ring (bicyclic) bond motifs is 1. The van der Waals surface area contributed by atoms with Gasteiger partial charge in [-0.1, -0.05) is 81.6 Å². The highest BCUT2D eigenvalue weighted by Gasteiger charge is 2.32. The molecule has 0 spiro atoms. The molecule has 3 heteroatoms. The van der Waals surface area contributed by atoms with E-state index in [0.29, 0.717) is 19.1 Å². The van der Waals surface area contributed by atoms with Crippen LogP contribution < -0.4 is 9.47 Å². The molecule has 1 saturated carbocycles. The van der Waals surface area contributed by atoms with Crippen molar-refractivity contribution < 1.29 is 14.2 Å². The summed E-state index contributed by atoms with van der Waals surface area (Å²) in [6.07, 6.45) is 9.65. The molecule has 0 saturated heterocycles. The standard InChI is InChI=1S/C34H42O3/c1-3-25(2)26-13-20-31(21-14-26)37-34(33-22-17-29-11-7-8-12-32(29)33)36-24-23-35-30-18-15-28(16-19-30)27-9-5-4-6-10-27/h7-8,11-16,18-21,25,27,33-34H,3-6,9-10,17,22-24H2,1-2H3. The molecule has 3 aromatic rings. The van der Waals surface area contributed by atoms with Crippen LogP contribution in [0.1, 0.15) is 98.8 Å². The van der Waals surface area contributed by atoms with Crippen LogP contribution in [-0.2, 0) is 11.2 Å². The van der Waals surface area contributed by atoms with Crippen LogP contribution in [0.15, 0.2) is 72.8 Å². The van der Waals surface area contributed by atoms with Gasteiger partial charge >= 0.3 is 0 Å². The van der Waals surface area contributed by atoms with Gasteiger partial charge in [-0.05, 0) is 90.5 Å². The van der Waals surface area contributed by atoms with Crippen molar-refractivity contribution in [2.75, 3.05) is 13.2 Å². The van der Waals surface area contributed by atoms with E-state index in [1.165, 1.54) is 54.4 Å². The van der Waals surface area contributed by atoms with Gasteiger partial charge in [0.1, 0.15) is 18.1 Å². The molecule has 2 aliphatic rings. The molecule has 0 aromatic heterocycles. The molecule has 1 fully saturated rings. The van der Waals surface area contributed by atoms with Gasteiger partial charge in [-0.2, -0.15) is 0 Å². The molecule has 3 atom stereocenters. The smallest absolute Gasteiger partial charge is 0.206 e. The molecule has 2 aliphatic carbocycles. The Hall–Kier alpha value is -2.78. The summed E-state index contributed by atoms with van der Waals surface area (Å²) in [7, 11) is 0. The van der Waals surface area contributed by atoms with Crippen molar-refractivity contribution in [3.8, 4) is 11.5 Å². The van der Waals surface area contributed by atoms with Gasteiger partial charge < -0.3 is 14.2 Å². The van der Waals surface area contributed by atoms with Crippen LogP contribution >= 0.6 is 0 Å². The molecule has 0 N–H and O–H groups in total. The van der Waals surface area contributed by atoms with Crippen LogP contribution in [0.5, 0.6) is 11.5 Å². The predicted octanol–water partition coefficient (Wildman–Crippen LogP) is 8.78. The Morgan fingerprint density at radius 2 is 1.51 bits per heavy atom. The van der Waals surface area contributed by atoms with E-state index in [0.717, 1.165) is 36.7 Å². The Morgan fingerprint density at radius 1 is 0.784 bits per heavy atom. The second-order valence-corrected chi connectivity index (χ2v) is 10.8. The van der Waals surface area contributed by atoms with Gasteiger partial charge in [0.2, 0.25) is 6.29 Å². The van der Waals surface area contributed by atoms with Crippen LogP contribution in [0, 0.1) is 0 Å². The summed E-state index contributed by atoms with van der Waals surface area (Å²) in [6, 6.07) is 26.0. The fourth-order valence-electron chi connectivity index (χ4n) is 5.95. The van der Waals surface area contributed by atoms with Gasteiger partial charge in [-0.15, -0.1) is 0 Å². The molecule has 0 heterocycles. The molecule has 3 aromatic carbocycles. The molecule has 5 rings (SSSR count). The zero-order valence-corrected chi connectivity index (χ0v) is 22.5. The summed E-state index contributed by atoms with van der Waals surface area (Å²) in [5.41, 5.74) is 5.56. The lowest BCUT2D eigenvalue weighted by Gasteiger charge is -2.26. The largest absolute Gasteiger partial charge is 0.491 e. The van der Waals surface area contributed by atoms with E-state index in [2.05, 4.69) is 86.6 Å². The van der Waals surface area contributed by atoms with Gasteiger partial charge in [-0.3, -0.25) is 0 Å². The van der Waals surface area contributed by atoms with Crippen LogP contribution in [0.4, 0.5) is 0 Å². The number of ether oxygens (including phenoxy) is 3. The second-order valence-electron chi connectivity index (χ2n) is 10.8. The maximum absolute atomic E-state index is 6.48. The highest BCUT2D eigenvalue weighted by atomic mass is 16.7. The van der Waals surface area contributed by atoms with E-state index < -0.39 is 0 Å². The van der Waals surface area contributed by atoms with Gasteiger partial charge in [0.05, 0.1) is 6.61 Å². The third-order valence-corrected chi connectivity index (χ3v) is 8.41. The summed E-state index contributed by atoms with van der Waals surface area (Å²) in [6.45, 7) is 5.48. The van der Waals surface area contributed by atoms with E-state index in [1.807, 2.05) is 0 Å². The number of rotatable bonds is 11. The normalized spacial score (nSPS) is 19.2. The molecule has 196 valence electrons. The summed E-state index contributed by atoms with van der Waals surface area (Å²) in [5, 5.41) is 0. The third-order valence-electron chi connectivity index (χ3n) is 8.41. The van der Waals surface area contributed by atoms with E-state index in [4.69, 9.17) is 14.2 Å². The minimum atomic E-state index is -0.338. The van der Waals surface area contributed by atoms with Crippen LogP contribution in [0.3, 0.4) is 0 Å². The van der Waals surface area contributed by atoms with Crippen molar-refractivity contribution in [2.24, 2.45) is 0 Å². The Morgan fingerprint density at radius 3 is 2.27 bits per heavy atom. The molecule has 3 unspecified atom stereocenters. The molecule has 0 aliphatic heterocycles. The fraction of sp³-hybridized carbons (Fsp3) is 0.471. The summed E-state index contributed by atoms with van der Waals surface area (Å²) in [4.78, 5) is 0. The minimum Gasteiger partial charge on any atom is -0.491 e. The van der Waals surface area contributed by atoms with Crippen molar-refractivity contribution in [1.29, 1.82) is 0 Å². The van der Waals surface area contributed by atoms with Crippen LogP contribution in [-0.4, -0.2) is 19.5 Å². The first-order chi connectivity index (χ1) is 18.2. The Labute approximate surface area is 223 Å². The minimum absolute atomic E-state index is 0.222. The van der Waals surface area contributed by atoms with Crippen LogP contribution in [0.25, 0.3) is 0 Å². The first-order valence-electron chi connectivity index (χ1n) is 14.4. The third kappa shape index (κ3) is 6.57. The maximum Gasteiger partial charge on any atom is 0.206 e. The molecular formula is C34H42O3. The Bertz CT molecular complexity index is 1100. The number of hydrogen-bond acceptors (Lipinski definition) is 3. The Balaban J connectivity index is 1.19. The van der Waals surface area contributed by atoms with E-state index in [1.54, 1.807) is 0 Å². The van der Waals surface area contributed by atoms with Crippen LogP contribution in [0.2, 0.25) is 0 Å². The zero-order chi connectivity index (χ0) is 25.5.